The summed E-state index contributed by atoms with van der Waals surface area (Å²) >= 11 is 1.42. The molecule has 0 bridgehead atoms. The number of carbonyl (C=O) groups is 1. The van der Waals surface area contributed by atoms with Crippen LogP contribution in [0.3, 0.4) is 0 Å². The number of piperidine rings is 1. The van der Waals surface area contributed by atoms with E-state index in [1.807, 2.05) is 6.92 Å². The van der Waals surface area contributed by atoms with Crippen LogP contribution in [0.15, 0.2) is 29.4 Å². The minimum absolute atomic E-state index is 0.111. The van der Waals surface area contributed by atoms with E-state index in [2.05, 4.69) is 38.0 Å². The largest absolute Gasteiger partial charge is 0.376 e. The third-order valence-corrected chi connectivity index (χ3v) is 7.19. The summed E-state index contributed by atoms with van der Waals surface area (Å²) in [7, 11) is 0. The summed E-state index contributed by atoms with van der Waals surface area (Å²) < 4.78 is 8.03. The van der Waals surface area contributed by atoms with E-state index in [0.29, 0.717) is 17.8 Å². The fourth-order valence-corrected chi connectivity index (χ4v) is 4.90. The van der Waals surface area contributed by atoms with Crippen LogP contribution in [0.25, 0.3) is 0 Å². The molecule has 4 rings (SSSR count). The van der Waals surface area contributed by atoms with Gasteiger partial charge in [0.25, 0.3) is 0 Å². The minimum Gasteiger partial charge on any atom is -0.376 e. The van der Waals surface area contributed by atoms with Crippen LogP contribution >= 0.6 is 11.8 Å². The van der Waals surface area contributed by atoms with Crippen LogP contribution in [0.1, 0.15) is 45.1 Å². The number of nitrogens with one attached hydrogen (secondary N) is 1. The zero-order chi connectivity index (χ0) is 22.5. The number of nitrogens with zero attached hydrogens (tertiary/aromatic N) is 5. The number of benzene rings is 1. The van der Waals surface area contributed by atoms with Gasteiger partial charge >= 0.3 is 0 Å². The Morgan fingerprint density at radius 1 is 1.28 bits per heavy atom. The lowest BCUT2D eigenvalue weighted by Gasteiger charge is -2.31. The van der Waals surface area contributed by atoms with Crippen LogP contribution in [0.5, 0.6) is 0 Å². The normalized spacial score (nSPS) is 20.2. The summed E-state index contributed by atoms with van der Waals surface area (Å²) in [5, 5.41) is 21.2. The number of carbonyl (C=O) groups excluding carboxylic acids is 1. The molecule has 0 radical (unpaired) electrons. The molecule has 32 heavy (non-hydrogen) atoms. The quantitative estimate of drug-likeness (QED) is 0.638. The Bertz CT molecular complexity index is 956. The Hall–Kier alpha value is -2.57. The zero-order valence-electron chi connectivity index (χ0n) is 18.7. The van der Waals surface area contributed by atoms with Gasteiger partial charge in [-0.25, -0.2) is 0 Å². The second-order valence-corrected chi connectivity index (χ2v) is 9.94. The first kappa shape index (κ1) is 22.6. The highest BCUT2D eigenvalue weighted by molar-refractivity contribution is 8.00. The van der Waals surface area contributed by atoms with Crippen molar-refractivity contribution in [3.05, 3.63) is 29.8 Å². The van der Waals surface area contributed by atoms with Gasteiger partial charge in [-0.15, -0.1) is 10.2 Å². The highest BCUT2D eigenvalue weighted by Crippen LogP contribution is 2.30. The van der Waals surface area contributed by atoms with E-state index in [1.54, 1.807) is 24.3 Å². The van der Waals surface area contributed by atoms with E-state index in [-0.39, 0.29) is 17.3 Å². The number of hydrogen-bond acceptors (Lipinski definition) is 7. The molecular weight excluding hydrogens is 424 g/mol. The summed E-state index contributed by atoms with van der Waals surface area (Å²) in [6.45, 7) is 7.63. The van der Waals surface area contributed by atoms with Gasteiger partial charge in [0.05, 0.1) is 29.5 Å². The molecule has 0 saturated carbocycles. The number of nitriles is 1. The fraction of sp³-hybridized carbons (Fsp3) is 0.565. The minimum atomic E-state index is -0.354. The number of rotatable bonds is 7. The summed E-state index contributed by atoms with van der Waals surface area (Å²) in [5.41, 5.74) is 1.23. The molecule has 2 atom stereocenters. The lowest BCUT2D eigenvalue weighted by molar-refractivity contribution is -0.115. The Labute approximate surface area is 193 Å². The van der Waals surface area contributed by atoms with Crippen molar-refractivity contribution in [2.75, 3.05) is 29.9 Å². The summed E-state index contributed by atoms with van der Waals surface area (Å²) in [6.07, 6.45) is 4.58. The van der Waals surface area contributed by atoms with Gasteiger partial charge in [0.15, 0.2) is 5.16 Å². The third kappa shape index (κ3) is 5.43. The van der Waals surface area contributed by atoms with Crippen molar-refractivity contribution in [3.8, 4) is 6.07 Å². The van der Waals surface area contributed by atoms with Gasteiger partial charge in [0, 0.05) is 25.4 Å². The second-order valence-electron chi connectivity index (χ2n) is 8.64. The van der Waals surface area contributed by atoms with Crippen LogP contribution in [-0.2, 0) is 16.1 Å². The predicted octanol–water partition coefficient (Wildman–Crippen LogP) is 3.68. The molecule has 8 nitrogen and oxygen atoms in total. The Morgan fingerprint density at radius 2 is 2.03 bits per heavy atom. The summed E-state index contributed by atoms with van der Waals surface area (Å²) in [6, 6.07) is 8.94. The van der Waals surface area contributed by atoms with Crippen molar-refractivity contribution in [2.24, 2.45) is 5.92 Å². The van der Waals surface area contributed by atoms with Gasteiger partial charge in [0.2, 0.25) is 11.9 Å². The van der Waals surface area contributed by atoms with E-state index in [4.69, 9.17) is 10.00 Å². The van der Waals surface area contributed by atoms with Crippen molar-refractivity contribution >= 4 is 29.3 Å². The van der Waals surface area contributed by atoms with Crippen LogP contribution in [0.4, 0.5) is 11.6 Å². The van der Waals surface area contributed by atoms with Gasteiger partial charge in [-0.1, -0.05) is 18.7 Å². The Kier molecular flexibility index (Phi) is 7.33. The zero-order valence-corrected chi connectivity index (χ0v) is 19.5. The molecule has 1 N–H and O–H groups in total. The van der Waals surface area contributed by atoms with Crippen molar-refractivity contribution < 1.29 is 9.53 Å². The maximum atomic E-state index is 12.8. The summed E-state index contributed by atoms with van der Waals surface area (Å²) in [5.74, 6) is 1.51. The Balaban J connectivity index is 1.47. The molecule has 3 heterocycles. The topological polar surface area (TPSA) is 96.1 Å². The van der Waals surface area contributed by atoms with Crippen LogP contribution in [0.2, 0.25) is 0 Å². The number of anilines is 2. The molecule has 1 amide bonds. The Morgan fingerprint density at radius 3 is 2.69 bits per heavy atom. The molecule has 1 aromatic carbocycles. The molecule has 0 aliphatic carbocycles. The van der Waals surface area contributed by atoms with Crippen molar-refractivity contribution in [1.29, 1.82) is 5.26 Å². The van der Waals surface area contributed by atoms with Crippen molar-refractivity contribution in [2.45, 2.75) is 62.6 Å². The van der Waals surface area contributed by atoms with Gasteiger partial charge in [-0.2, -0.15) is 5.26 Å². The molecule has 0 unspecified atom stereocenters. The lowest BCUT2D eigenvalue weighted by atomic mass is 10.00. The number of amides is 1. The first-order chi connectivity index (χ1) is 15.5. The monoisotopic (exact) mass is 454 g/mol. The molecule has 2 fully saturated rings. The number of ether oxygens (including phenoxy) is 1. The molecule has 9 heteroatoms. The number of aromatic nitrogens is 3. The van der Waals surface area contributed by atoms with Gasteiger partial charge in [-0.3, -0.25) is 9.36 Å². The van der Waals surface area contributed by atoms with E-state index in [9.17, 15) is 4.79 Å². The predicted molar refractivity (Wildman–Crippen MR) is 125 cm³/mol. The highest BCUT2D eigenvalue weighted by atomic mass is 32.2. The van der Waals surface area contributed by atoms with E-state index >= 15 is 0 Å². The maximum Gasteiger partial charge on any atom is 0.237 e. The average Bonchev–Trinajstić information content (AvgIpc) is 3.46. The summed E-state index contributed by atoms with van der Waals surface area (Å²) in [4.78, 5) is 15.1. The number of thioether (sulfide) groups is 1. The highest BCUT2D eigenvalue weighted by Gasteiger charge is 2.27. The standard InChI is InChI=1S/C23H30N6O2S/c1-16-9-11-28(12-10-16)22-26-27-23(29(22)15-20-4-3-13-31-20)32-17(2)21(30)25-19-7-5-18(14-24)6-8-19/h5-8,16-17,20H,3-4,9-13,15H2,1-2H3,(H,25,30)/t17-,20-/m1/s1. The lowest BCUT2D eigenvalue weighted by Crippen LogP contribution is -2.35. The molecule has 170 valence electrons. The van der Waals surface area contributed by atoms with Gasteiger partial charge < -0.3 is 15.0 Å². The molecule has 2 aliphatic rings. The fourth-order valence-electron chi connectivity index (χ4n) is 4.05. The average molecular weight is 455 g/mol. The van der Waals surface area contributed by atoms with E-state index < -0.39 is 0 Å². The molecular formula is C23H30N6O2S. The van der Waals surface area contributed by atoms with Crippen LogP contribution < -0.4 is 10.2 Å². The van der Waals surface area contributed by atoms with E-state index in [1.165, 1.54) is 11.8 Å². The molecule has 1 aromatic heterocycles. The molecule has 2 aromatic rings. The molecule has 0 spiro atoms. The van der Waals surface area contributed by atoms with Crippen LogP contribution in [-0.4, -0.2) is 51.7 Å². The van der Waals surface area contributed by atoms with Gasteiger partial charge in [-0.05, 0) is 62.8 Å². The van der Waals surface area contributed by atoms with E-state index in [0.717, 1.165) is 62.4 Å². The first-order valence-electron chi connectivity index (χ1n) is 11.3. The van der Waals surface area contributed by atoms with Crippen molar-refractivity contribution in [1.82, 2.24) is 14.8 Å². The van der Waals surface area contributed by atoms with Crippen LogP contribution in [0, 0.1) is 17.2 Å². The van der Waals surface area contributed by atoms with Crippen molar-refractivity contribution in [3.63, 3.8) is 0 Å². The SMILES string of the molecule is CC1CCN(c2nnc(S[C@H](C)C(=O)Nc3ccc(C#N)cc3)n2C[C@H]2CCCO2)CC1. The second kappa shape index (κ2) is 10.4. The molecule has 2 saturated heterocycles. The van der Waals surface area contributed by atoms with Gasteiger partial charge in [0.1, 0.15) is 0 Å². The molecule has 2 aliphatic heterocycles. The maximum absolute atomic E-state index is 12.8. The number of hydrogen-bond donors (Lipinski definition) is 1. The third-order valence-electron chi connectivity index (χ3n) is 6.11. The first-order valence-corrected chi connectivity index (χ1v) is 12.2. The smallest absolute Gasteiger partial charge is 0.237 e.